The highest BCUT2D eigenvalue weighted by Gasteiger charge is 2.04. The number of nitrogens with zero attached hydrogens (tertiary/aromatic N) is 2. The molecule has 0 aliphatic carbocycles. The minimum Gasteiger partial charge on any atom is -0.314 e. The summed E-state index contributed by atoms with van der Waals surface area (Å²) in [5.41, 5.74) is 0. The number of nitrogens with one attached hydrogen (secondary N) is 1. The van der Waals surface area contributed by atoms with Gasteiger partial charge in [-0.15, -0.1) is 12.4 Å². The van der Waals surface area contributed by atoms with Crippen LogP contribution in [0.1, 0.15) is 53.9 Å². The van der Waals surface area contributed by atoms with E-state index in [0.717, 1.165) is 6.54 Å². The Kier molecular flexibility index (Phi) is 17.5. The van der Waals surface area contributed by atoms with Crippen LogP contribution >= 0.6 is 12.4 Å². The van der Waals surface area contributed by atoms with Gasteiger partial charge in [0.25, 0.3) is 0 Å². The molecule has 0 spiro atoms. The minimum atomic E-state index is 0. The molecule has 0 saturated heterocycles. The number of halogens is 1. The molecule has 0 heterocycles. The summed E-state index contributed by atoms with van der Waals surface area (Å²) in [6.45, 7) is 19.7. The van der Waals surface area contributed by atoms with Gasteiger partial charge >= 0.3 is 0 Å². The number of rotatable bonds is 13. The van der Waals surface area contributed by atoms with Crippen LogP contribution in [0.5, 0.6) is 0 Å². The Labute approximate surface area is 133 Å². The third kappa shape index (κ3) is 12.0. The van der Waals surface area contributed by atoms with Gasteiger partial charge in [-0.05, 0) is 72.0 Å². The molecule has 0 bridgehead atoms. The third-order valence-electron chi connectivity index (χ3n) is 4.04. The first-order valence-corrected chi connectivity index (χ1v) is 8.35. The van der Waals surface area contributed by atoms with Crippen LogP contribution in [0.25, 0.3) is 0 Å². The highest BCUT2D eigenvalue weighted by Crippen LogP contribution is 2.00. The molecule has 0 saturated carbocycles. The Balaban J connectivity index is 0. The van der Waals surface area contributed by atoms with E-state index in [1.165, 1.54) is 58.5 Å². The van der Waals surface area contributed by atoms with Gasteiger partial charge in [0.15, 0.2) is 0 Å². The molecule has 0 aromatic carbocycles. The van der Waals surface area contributed by atoms with Crippen molar-refractivity contribution < 1.29 is 0 Å². The van der Waals surface area contributed by atoms with Crippen molar-refractivity contribution in [3.63, 3.8) is 0 Å². The van der Waals surface area contributed by atoms with Crippen LogP contribution in [0, 0.1) is 0 Å². The lowest BCUT2D eigenvalue weighted by atomic mass is 10.1. The fourth-order valence-electron chi connectivity index (χ4n) is 2.45. The quantitative estimate of drug-likeness (QED) is 0.527. The SMILES string of the molecule is CCN(CC)CCCNC(C)CCCN(CC)CC.Cl. The molecule has 4 heteroatoms. The Morgan fingerprint density at radius 2 is 1.25 bits per heavy atom. The zero-order valence-corrected chi connectivity index (χ0v) is 15.3. The van der Waals surface area contributed by atoms with Crippen LogP contribution in [0.2, 0.25) is 0 Å². The average molecular weight is 308 g/mol. The first-order valence-electron chi connectivity index (χ1n) is 8.35. The van der Waals surface area contributed by atoms with Crippen molar-refractivity contribution in [2.24, 2.45) is 0 Å². The van der Waals surface area contributed by atoms with E-state index in [0.29, 0.717) is 6.04 Å². The maximum atomic E-state index is 3.65. The molecular formula is C16H38ClN3. The second-order valence-electron chi connectivity index (χ2n) is 5.40. The van der Waals surface area contributed by atoms with Gasteiger partial charge in [0.1, 0.15) is 0 Å². The molecule has 1 unspecified atom stereocenters. The van der Waals surface area contributed by atoms with E-state index in [-0.39, 0.29) is 12.4 Å². The lowest BCUT2D eigenvalue weighted by Crippen LogP contribution is -2.32. The highest BCUT2D eigenvalue weighted by molar-refractivity contribution is 5.85. The van der Waals surface area contributed by atoms with E-state index in [1.807, 2.05) is 0 Å². The van der Waals surface area contributed by atoms with E-state index in [9.17, 15) is 0 Å². The summed E-state index contributed by atoms with van der Waals surface area (Å²) in [7, 11) is 0. The van der Waals surface area contributed by atoms with Crippen molar-refractivity contribution in [3.8, 4) is 0 Å². The number of hydrogen-bond donors (Lipinski definition) is 1. The normalized spacial score (nSPS) is 12.8. The Hall–Kier alpha value is 0.170. The van der Waals surface area contributed by atoms with Crippen molar-refractivity contribution in [1.29, 1.82) is 0 Å². The first kappa shape index (κ1) is 22.5. The zero-order chi connectivity index (χ0) is 14.5. The Morgan fingerprint density at radius 1 is 0.800 bits per heavy atom. The summed E-state index contributed by atoms with van der Waals surface area (Å²) in [5, 5.41) is 3.65. The molecule has 0 fully saturated rings. The van der Waals surface area contributed by atoms with E-state index in [1.54, 1.807) is 0 Å². The van der Waals surface area contributed by atoms with Crippen molar-refractivity contribution in [3.05, 3.63) is 0 Å². The van der Waals surface area contributed by atoms with Gasteiger partial charge in [-0.25, -0.2) is 0 Å². The monoisotopic (exact) mass is 307 g/mol. The predicted octanol–water partition coefficient (Wildman–Crippen LogP) is 3.24. The molecule has 3 nitrogen and oxygen atoms in total. The van der Waals surface area contributed by atoms with Crippen molar-refractivity contribution in [2.75, 3.05) is 45.8 Å². The van der Waals surface area contributed by atoms with Crippen LogP contribution in [0.3, 0.4) is 0 Å². The van der Waals surface area contributed by atoms with E-state index >= 15 is 0 Å². The average Bonchev–Trinajstić information content (AvgIpc) is 2.44. The Morgan fingerprint density at radius 3 is 1.70 bits per heavy atom. The van der Waals surface area contributed by atoms with Gasteiger partial charge in [0.2, 0.25) is 0 Å². The smallest absolute Gasteiger partial charge is 0.00392 e. The maximum Gasteiger partial charge on any atom is 0.00392 e. The molecule has 0 amide bonds. The van der Waals surface area contributed by atoms with Crippen LogP contribution in [0.4, 0.5) is 0 Å². The van der Waals surface area contributed by atoms with Gasteiger partial charge in [-0.2, -0.15) is 0 Å². The molecule has 0 radical (unpaired) electrons. The van der Waals surface area contributed by atoms with Gasteiger partial charge in [-0.3, -0.25) is 0 Å². The fraction of sp³-hybridized carbons (Fsp3) is 1.00. The first-order chi connectivity index (χ1) is 9.17. The second kappa shape index (κ2) is 15.6. The summed E-state index contributed by atoms with van der Waals surface area (Å²) >= 11 is 0. The van der Waals surface area contributed by atoms with Crippen LogP contribution in [-0.2, 0) is 0 Å². The van der Waals surface area contributed by atoms with Gasteiger partial charge < -0.3 is 15.1 Å². The molecule has 0 aliphatic heterocycles. The van der Waals surface area contributed by atoms with Crippen LogP contribution in [-0.4, -0.2) is 61.7 Å². The van der Waals surface area contributed by atoms with Crippen LogP contribution in [0.15, 0.2) is 0 Å². The maximum absolute atomic E-state index is 3.65. The molecule has 20 heavy (non-hydrogen) atoms. The van der Waals surface area contributed by atoms with Crippen molar-refractivity contribution in [1.82, 2.24) is 15.1 Å². The van der Waals surface area contributed by atoms with E-state index < -0.39 is 0 Å². The van der Waals surface area contributed by atoms with Crippen LogP contribution < -0.4 is 5.32 Å². The molecule has 1 N–H and O–H groups in total. The fourth-order valence-corrected chi connectivity index (χ4v) is 2.45. The molecule has 0 aromatic rings. The van der Waals surface area contributed by atoms with Crippen molar-refractivity contribution >= 4 is 12.4 Å². The molecular weight excluding hydrogens is 270 g/mol. The Bertz CT molecular complexity index is 183. The van der Waals surface area contributed by atoms with Gasteiger partial charge in [-0.1, -0.05) is 27.7 Å². The van der Waals surface area contributed by atoms with Gasteiger partial charge in [0, 0.05) is 6.04 Å². The number of hydrogen-bond acceptors (Lipinski definition) is 3. The summed E-state index contributed by atoms with van der Waals surface area (Å²) in [5.74, 6) is 0. The predicted molar refractivity (Wildman–Crippen MR) is 94.1 cm³/mol. The second-order valence-corrected chi connectivity index (χ2v) is 5.40. The van der Waals surface area contributed by atoms with E-state index in [4.69, 9.17) is 0 Å². The zero-order valence-electron chi connectivity index (χ0n) is 14.5. The van der Waals surface area contributed by atoms with E-state index in [2.05, 4.69) is 49.7 Å². The largest absolute Gasteiger partial charge is 0.314 e. The summed E-state index contributed by atoms with van der Waals surface area (Å²) in [6, 6.07) is 0.660. The lowest BCUT2D eigenvalue weighted by molar-refractivity contribution is 0.285. The summed E-state index contributed by atoms with van der Waals surface area (Å²) in [6.07, 6.45) is 3.87. The topological polar surface area (TPSA) is 18.5 Å². The van der Waals surface area contributed by atoms with Gasteiger partial charge in [0.05, 0.1) is 0 Å². The van der Waals surface area contributed by atoms with Crippen molar-refractivity contribution in [2.45, 2.75) is 59.9 Å². The summed E-state index contributed by atoms with van der Waals surface area (Å²) in [4.78, 5) is 5.00. The molecule has 0 rings (SSSR count). The highest BCUT2D eigenvalue weighted by atomic mass is 35.5. The molecule has 0 aromatic heterocycles. The standard InChI is InChI=1S/C16H37N3.ClH/c1-6-18(7-2)14-10-12-16(5)17-13-11-15-19(8-3)9-4;/h16-17H,6-15H2,1-5H3;1H. The molecule has 124 valence electrons. The lowest BCUT2D eigenvalue weighted by Gasteiger charge is -2.21. The molecule has 0 aliphatic rings. The minimum absolute atomic E-state index is 0. The molecule has 1 atom stereocenters. The third-order valence-corrected chi connectivity index (χ3v) is 4.04. The summed E-state index contributed by atoms with van der Waals surface area (Å²) < 4.78 is 0.